The summed E-state index contributed by atoms with van der Waals surface area (Å²) >= 11 is 7.34. The third-order valence-corrected chi connectivity index (χ3v) is 2.70. The van der Waals surface area contributed by atoms with Crippen LogP contribution in [0.15, 0.2) is 17.5 Å². The number of nitrogens with zero attached hydrogens (tertiary/aromatic N) is 1. The van der Waals surface area contributed by atoms with Crippen LogP contribution in [0.25, 0.3) is 10.2 Å². The van der Waals surface area contributed by atoms with Crippen LogP contribution < -0.4 is 4.74 Å². The molecule has 0 aliphatic rings. The normalized spacial score (nSPS) is 10.5. The van der Waals surface area contributed by atoms with Gasteiger partial charge in [0.15, 0.2) is 5.75 Å². The molecule has 2 heterocycles. The van der Waals surface area contributed by atoms with Crippen molar-refractivity contribution in [2.45, 2.75) is 0 Å². The molecule has 2 nitrogen and oxygen atoms in total. The fourth-order valence-electron chi connectivity index (χ4n) is 1.01. The summed E-state index contributed by atoms with van der Waals surface area (Å²) < 4.78 is 6.21. The van der Waals surface area contributed by atoms with Crippen LogP contribution >= 0.6 is 22.9 Å². The number of methoxy groups -OCH3 is 1. The van der Waals surface area contributed by atoms with Gasteiger partial charge >= 0.3 is 0 Å². The summed E-state index contributed by atoms with van der Waals surface area (Å²) in [6, 6.07) is 3.72. The summed E-state index contributed by atoms with van der Waals surface area (Å²) in [5.74, 6) is 0.789. The van der Waals surface area contributed by atoms with Crippen LogP contribution in [0.2, 0.25) is 5.15 Å². The maximum atomic E-state index is 5.74. The molecule has 2 rings (SSSR count). The quantitative estimate of drug-likeness (QED) is 0.659. The lowest BCUT2D eigenvalue weighted by molar-refractivity contribution is 0.420. The summed E-state index contributed by atoms with van der Waals surface area (Å²) in [4.78, 5) is 4.16. The van der Waals surface area contributed by atoms with Crippen molar-refractivity contribution in [1.82, 2.24) is 4.98 Å². The molecule has 12 heavy (non-hydrogen) atoms. The second-order valence-corrected chi connectivity index (χ2v) is 3.58. The van der Waals surface area contributed by atoms with Crippen LogP contribution in [0.5, 0.6) is 5.75 Å². The molecule has 0 amide bonds. The van der Waals surface area contributed by atoms with E-state index in [0.717, 1.165) is 16.0 Å². The lowest BCUT2D eigenvalue weighted by Crippen LogP contribution is -1.81. The molecule has 0 N–H and O–H groups in total. The highest BCUT2D eigenvalue weighted by Gasteiger charge is 2.05. The molecule has 0 aliphatic carbocycles. The van der Waals surface area contributed by atoms with E-state index in [1.807, 2.05) is 11.4 Å². The number of thiophene rings is 1. The van der Waals surface area contributed by atoms with Crippen molar-refractivity contribution >= 4 is 33.2 Å². The maximum absolute atomic E-state index is 5.74. The minimum Gasteiger partial charge on any atom is -0.494 e. The zero-order valence-corrected chi connectivity index (χ0v) is 7.95. The van der Waals surface area contributed by atoms with E-state index in [-0.39, 0.29) is 0 Å². The number of pyridine rings is 1. The third kappa shape index (κ3) is 1.15. The first-order valence-electron chi connectivity index (χ1n) is 3.39. The van der Waals surface area contributed by atoms with Gasteiger partial charge in [-0.3, -0.25) is 0 Å². The Hall–Kier alpha value is -0.800. The topological polar surface area (TPSA) is 22.1 Å². The minimum atomic E-state index is 0.499. The number of ether oxygens (including phenoxy) is 1. The second-order valence-electron chi connectivity index (χ2n) is 2.28. The smallest absolute Gasteiger partial charge is 0.155 e. The van der Waals surface area contributed by atoms with Gasteiger partial charge in [0.05, 0.1) is 11.8 Å². The molecule has 2 aromatic heterocycles. The van der Waals surface area contributed by atoms with Gasteiger partial charge in [0, 0.05) is 5.38 Å². The minimum absolute atomic E-state index is 0.499. The highest BCUT2D eigenvalue weighted by atomic mass is 35.5. The van der Waals surface area contributed by atoms with Gasteiger partial charge < -0.3 is 4.74 Å². The van der Waals surface area contributed by atoms with Crippen LogP contribution in [0.3, 0.4) is 0 Å². The summed E-state index contributed by atoms with van der Waals surface area (Å²) in [6.07, 6.45) is 0. The summed E-state index contributed by atoms with van der Waals surface area (Å²) in [5.41, 5.74) is 0.843. The van der Waals surface area contributed by atoms with Gasteiger partial charge in [-0.1, -0.05) is 11.6 Å². The van der Waals surface area contributed by atoms with Crippen molar-refractivity contribution in [3.63, 3.8) is 0 Å². The first kappa shape index (κ1) is 7.83. The van der Waals surface area contributed by atoms with E-state index in [0.29, 0.717) is 5.15 Å². The van der Waals surface area contributed by atoms with Crippen LogP contribution in [-0.4, -0.2) is 12.1 Å². The number of aromatic nitrogens is 1. The Kier molecular flexibility index (Phi) is 1.90. The Bertz CT molecular complexity index is 412. The molecule has 2 aromatic rings. The Balaban J connectivity index is 2.75. The van der Waals surface area contributed by atoms with Gasteiger partial charge in [0.1, 0.15) is 10.7 Å². The molecule has 0 fully saturated rings. The third-order valence-electron chi connectivity index (χ3n) is 1.57. The summed E-state index contributed by atoms with van der Waals surface area (Å²) in [6.45, 7) is 0. The number of hydrogen-bond acceptors (Lipinski definition) is 3. The van der Waals surface area contributed by atoms with E-state index >= 15 is 0 Å². The Labute approximate surface area is 78.8 Å². The average Bonchev–Trinajstić information content (AvgIpc) is 2.46. The van der Waals surface area contributed by atoms with E-state index in [9.17, 15) is 0 Å². The van der Waals surface area contributed by atoms with Gasteiger partial charge in [-0.2, -0.15) is 0 Å². The van der Waals surface area contributed by atoms with Crippen molar-refractivity contribution in [2.75, 3.05) is 7.11 Å². The SMILES string of the molecule is COc1csc2ccc(Cl)nc12. The zero-order chi connectivity index (χ0) is 8.55. The fraction of sp³-hybridized carbons (Fsp3) is 0.125. The van der Waals surface area contributed by atoms with Crippen LogP contribution in [0.1, 0.15) is 0 Å². The maximum Gasteiger partial charge on any atom is 0.155 e. The van der Waals surface area contributed by atoms with E-state index < -0.39 is 0 Å². The molecule has 0 aromatic carbocycles. The standard InChI is InChI=1S/C8H6ClNOS/c1-11-5-4-12-6-2-3-7(9)10-8(5)6/h2-4H,1H3. The highest BCUT2D eigenvalue weighted by Crippen LogP contribution is 2.30. The predicted molar refractivity (Wildman–Crippen MR) is 51.2 cm³/mol. The Morgan fingerprint density at radius 1 is 1.50 bits per heavy atom. The first-order valence-corrected chi connectivity index (χ1v) is 4.65. The predicted octanol–water partition coefficient (Wildman–Crippen LogP) is 2.96. The van der Waals surface area contributed by atoms with Crippen LogP contribution in [0, 0.1) is 0 Å². The molecule has 0 saturated heterocycles. The van der Waals surface area contributed by atoms with E-state index in [2.05, 4.69) is 4.98 Å². The molecule has 0 aliphatic heterocycles. The molecular formula is C8H6ClNOS. The van der Waals surface area contributed by atoms with Crippen molar-refractivity contribution < 1.29 is 4.74 Å². The molecule has 0 atom stereocenters. The molecular weight excluding hydrogens is 194 g/mol. The number of hydrogen-bond donors (Lipinski definition) is 0. The molecule has 0 spiro atoms. The van der Waals surface area contributed by atoms with Gasteiger partial charge in [-0.05, 0) is 12.1 Å². The number of rotatable bonds is 1. The van der Waals surface area contributed by atoms with E-state index in [1.165, 1.54) is 0 Å². The number of halogens is 1. The van der Waals surface area contributed by atoms with E-state index in [1.54, 1.807) is 24.5 Å². The summed E-state index contributed by atoms with van der Waals surface area (Å²) in [7, 11) is 1.63. The van der Waals surface area contributed by atoms with Gasteiger partial charge in [-0.15, -0.1) is 11.3 Å². The average molecular weight is 200 g/mol. The summed E-state index contributed by atoms with van der Waals surface area (Å²) in [5, 5.41) is 2.42. The van der Waals surface area contributed by atoms with Crippen LogP contribution in [0.4, 0.5) is 0 Å². The zero-order valence-electron chi connectivity index (χ0n) is 6.37. The van der Waals surface area contributed by atoms with Crippen LogP contribution in [-0.2, 0) is 0 Å². The van der Waals surface area contributed by atoms with Crippen molar-refractivity contribution in [3.8, 4) is 5.75 Å². The molecule has 4 heteroatoms. The number of fused-ring (bicyclic) bond motifs is 1. The lowest BCUT2D eigenvalue weighted by Gasteiger charge is -1.95. The van der Waals surface area contributed by atoms with Crippen molar-refractivity contribution in [1.29, 1.82) is 0 Å². The molecule has 0 unspecified atom stereocenters. The van der Waals surface area contributed by atoms with Gasteiger partial charge in [0.2, 0.25) is 0 Å². The van der Waals surface area contributed by atoms with E-state index in [4.69, 9.17) is 16.3 Å². The van der Waals surface area contributed by atoms with Gasteiger partial charge in [0.25, 0.3) is 0 Å². The molecule has 62 valence electrons. The largest absolute Gasteiger partial charge is 0.494 e. The monoisotopic (exact) mass is 199 g/mol. The van der Waals surface area contributed by atoms with Crippen molar-refractivity contribution in [3.05, 3.63) is 22.7 Å². The highest BCUT2D eigenvalue weighted by molar-refractivity contribution is 7.17. The Morgan fingerprint density at radius 2 is 2.33 bits per heavy atom. The second kappa shape index (κ2) is 2.92. The van der Waals surface area contributed by atoms with Gasteiger partial charge in [-0.25, -0.2) is 4.98 Å². The fourth-order valence-corrected chi connectivity index (χ4v) is 2.01. The molecule has 0 bridgehead atoms. The molecule has 0 radical (unpaired) electrons. The lowest BCUT2D eigenvalue weighted by atomic mass is 10.4. The first-order chi connectivity index (χ1) is 5.81. The Morgan fingerprint density at radius 3 is 3.08 bits per heavy atom. The van der Waals surface area contributed by atoms with Crippen molar-refractivity contribution in [2.24, 2.45) is 0 Å². The molecule has 0 saturated carbocycles.